The van der Waals surface area contributed by atoms with Gasteiger partial charge in [-0.25, -0.2) is 0 Å². The first-order chi connectivity index (χ1) is 10.9. The quantitative estimate of drug-likeness (QED) is 0.582. The third kappa shape index (κ3) is 2.91. The van der Waals surface area contributed by atoms with Crippen LogP contribution in [0.5, 0.6) is 0 Å². The Bertz CT molecular complexity index is 792. The summed E-state index contributed by atoms with van der Waals surface area (Å²) in [6.07, 6.45) is 2.66. The molecule has 1 aliphatic rings. The molecule has 0 saturated heterocycles. The van der Waals surface area contributed by atoms with Crippen LogP contribution >= 0.6 is 11.6 Å². The lowest BCUT2D eigenvalue weighted by Gasteiger charge is -2.44. The van der Waals surface area contributed by atoms with Crippen molar-refractivity contribution >= 4 is 23.1 Å². The van der Waals surface area contributed by atoms with E-state index in [1.165, 1.54) is 5.56 Å². The molecule has 23 heavy (non-hydrogen) atoms. The van der Waals surface area contributed by atoms with Crippen LogP contribution < -0.4 is 0 Å². The second-order valence-electron chi connectivity index (χ2n) is 6.58. The summed E-state index contributed by atoms with van der Waals surface area (Å²) in [5, 5.41) is 0.486. The molecule has 0 amide bonds. The first kappa shape index (κ1) is 15.8. The number of allylic oxidation sites excluding steroid dienone is 1. The fourth-order valence-electron chi connectivity index (χ4n) is 3.05. The summed E-state index contributed by atoms with van der Waals surface area (Å²) in [6.45, 7) is 4.38. The number of benzene rings is 2. The van der Waals surface area contributed by atoms with Gasteiger partial charge in [-0.2, -0.15) is 0 Å². The summed E-state index contributed by atoms with van der Waals surface area (Å²) >= 11 is 6.17. The fraction of sp³-hybridized carbons (Fsp3) is 0.250. The smallest absolute Gasteiger partial charge is 0.189 e. The summed E-state index contributed by atoms with van der Waals surface area (Å²) < 4.78 is 0. The highest BCUT2D eigenvalue weighted by molar-refractivity contribution is 6.34. The average Bonchev–Trinajstić information content (AvgIpc) is 2.51. The lowest BCUT2D eigenvalue weighted by atomic mass is 9.84. The molecule has 0 saturated carbocycles. The zero-order chi connectivity index (χ0) is 16.6. The Morgan fingerprint density at radius 1 is 1.13 bits per heavy atom. The summed E-state index contributed by atoms with van der Waals surface area (Å²) in [6, 6.07) is 15.5. The van der Waals surface area contributed by atoms with Crippen molar-refractivity contribution in [1.29, 1.82) is 0 Å². The van der Waals surface area contributed by atoms with Crippen LogP contribution in [0.1, 0.15) is 35.3 Å². The van der Waals surface area contributed by atoms with Crippen molar-refractivity contribution in [3.05, 3.63) is 76.3 Å². The predicted molar refractivity (Wildman–Crippen MR) is 95.7 cm³/mol. The van der Waals surface area contributed by atoms with Crippen LogP contribution in [0.25, 0.3) is 5.70 Å². The minimum absolute atomic E-state index is 0.0407. The maximum absolute atomic E-state index is 12.7. The Morgan fingerprint density at radius 3 is 2.52 bits per heavy atom. The van der Waals surface area contributed by atoms with Gasteiger partial charge in [-0.05, 0) is 38.0 Å². The standard InChI is InChI=1S/C20H20ClNO/c1-20(2)13-14-8-4-5-9-15(14)18(22(20)3)12-19(23)16-10-6-7-11-17(16)21/h4-12H,13H2,1-3H3/b18-12+. The summed E-state index contributed by atoms with van der Waals surface area (Å²) in [7, 11) is 2.04. The molecule has 0 aromatic heterocycles. The van der Waals surface area contributed by atoms with E-state index >= 15 is 0 Å². The number of halogens is 1. The molecule has 1 heterocycles. The molecule has 0 unspecified atom stereocenters. The zero-order valence-corrected chi connectivity index (χ0v) is 14.4. The van der Waals surface area contributed by atoms with Gasteiger partial charge in [0.2, 0.25) is 0 Å². The molecule has 2 aromatic carbocycles. The van der Waals surface area contributed by atoms with Gasteiger partial charge in [0.05, 0.1) is 5.02 Å². The topological polar surface area (TPSA) is 20.3 Å². The van der Waals surface area contributed by atoms with Crippen LogP contribution in [0.4, 0.5) is 0 Å². The Kier molecular flexibility index (Phi) is 4.03. The van der Waals surface area contributed by atoms with Crippen molar-refractivity contribution < 1.29 is 4.79 Å². The fourth-order valence-corrected chi connectivity index (χ4v) is 3.28. The molecule has 3 rings (SSSR count). The second kappa shape index (κ2) is 5.86. The maximum Gasteiger partial charge on any atom is 0.189 e. The van der Waals surface area contributed by atoms with Crippen LogP contribution in [-0.4, -0.2) is 23.3 Å². The van der Waals surface area contributed by atoms with Crippen LogP contribution in [-0.2, 0) is 6.42 Å². The normalized spacial score (nSPS) is 17.9. The van der Waals surface area contributed by atoms with Gasteiger partial charge in [-0.15, -0.1) is 0 Å². The summed E-state index contributed by atoms with van der Waals surface area (Å²) in [5.41, 5.74) is 3.84. The van der Waals surface area contributed by atoms with Gasteiger partial charge in [0.25, 0.3) is 0 Å². The number of carbonyl (C=O) groups excluding carboxylic acids is 1. The van der Waals surface area contributed by atoms with Crippen molar-refractivity contribution in [2.45, 2.75) is 25.8 Å². The molecular formula is C20H20ClNO. The molecule has 0 N–H and O–H groups in total. The zero-order valence-electron chi connectivity index (χ0n) is 13.6. The highest BCUT2D eigenvalue weighted by atomic mass is 35.5. The first-order valence-corrected chi connectivity index (χ1v) is 8.10. The van der Waals surface area contributed by atoms with E-state index < -0.39 is 0 Å². The molecule has 1 aliphatic heterocycles. The number of ketones is 1. The van der Waals surface area contributed by atoms with E-state index in [1.54, 1.807) is 18.2 Å². The number of hydrogen-bond acceptors (Lipinski definition) is 2. The van der Waals surface area contributed by atoms with Gasteiger partial charge in [0.15, 0.2) is 5.78 Å². The average molecular weight is 326 g/mol. The molecule has 0 radical (unpaired) electrons. The van der Waals surface area contributed by atoms with Crippen molar-refractivity contribution in [2.75, 3.05) is 7.05 Å². The molecule has 2 nitrogen and oxygen atoms in total. The molecule has 0 aliphatic carbocycles. The molecule has 0 fully saturated rings. The largest absolute Gasteiger partial charge is 0.369 e. The third-order valence-corrected chi connectivity index (χ3v) is 4.92. The van der Waals surface area contributed by atoms with Crippen molar-refractivity contribution in [2.24, 2.45) is 0 Å². The Morgan fingerprint density at radius 2 is 1.78 bits per heavy atom. The predicted octanol–water partition coefficient (Wildman–Crippen LogP) is 4.83. The minimum atomic E-state index is -0.0649. The van der Waals surface area contributed by atoms with Gasteiger partial charge in [0, 0.05) is 35.5 Å². The minimum Gasteiger partial charge on any atom is -0.369 e. The molecule has 3 heteroatoms. The van der Waals surface area contributed by atoms with Crippen LogP contribution in [0.2, 0.25) is 5.02 Å². The van der Waals surface area contributed by atoms with Gasteiger partial charge < -0.3 is 4.90 Å². The highest BCUT2D eigenvalue weighted by Crippen LogP contribution is 2.37. The molecule has 0 bridgehead atoms. The Hall–Kier alpha value is -2.06. The third-order valence-electron chi connectivity index (χ3n) is 4.59. The maximum atomic E-state index is 12.7. The number of rotatable bonds is 2. The Labute approximate surface area is 142 Å². The van der Waals surface area contributed by atoms with Crippen LogP contribution in [0.15, 0.2) is 54.6 Å². The second-order valence-corrected chi connectivity index (χ2v) is 6.99. The molecule has 2 aromatic rings. The van der Waals surface area contributed by atoms with E-state index in [2.05, 4.69) is 30.9 Å². The molecule has 0 atom stereocenters. The number of nitrogens with zero attached hydrogens (tertiary/aromatic N) is 1. The summed E-state index contributed by atoms with van der Waals surface area (Å²) in [5.74, 6) is -0.0649. The first-order valence-electron chi connectivity index (χ1n) is 7.73. The number of hydrogen-bond donors (Lipinski definition) is 0. The van der Waals surface area contributed by atoms with E-state index in [-0.39, 0.29) is 11.3 Å². The van der Waals surface area contributed by atoms with Crippen LogP contribution in [0, 0.1) is 0 Å². The highest BCUT2D eigenvalue weighted by Gasteiger charge is 2.33. The molecule has 0 spiro atoms. The van der Waals surface area contributed by atoms with Gasteiger partial charge in [0.1, 0.15) is 0 Å². The number of likely N-dealkylation sites (N-methyl/N-ethyl adjacent to an activating group) is 1. The van der Waals surface area contributed by atoms with E-state index in [9.17, 15) is 4.79 Å². The molecule has 118 valence electrons. The van der Waals surface area contributed by atoms with E-state index in [4.69, 9.17) is 11.6 Å². The van der Waals surface area contributed by atoms with Crippen molar-refractivity contribution in [3.8, 4) is 0 Å². The lowest BCUT2D eigenvalue weighted by molar-refractivity contribution is 0.104. The number of fused-ring (bicyclic) bond motifs is 1. The van der Waals surface area contributed by atoms with Gasteiger partial charge in [-0.1, -0.05) is 48.0 Å². The van der Waals surface area contributed by atoms with E-state index in [0.717, 1.165) is 17.7 Å². The monoisotopic (exact) mass is 325 g/mol. The lowest BCUT2D eigenvalue weighted by Crippen LogP contribution is -2.45. The van der Waals surface area contributed by atoms with Crippen LogP contribution in [0.3, 0.4) is 0 Å². The Balaban J connectivity index is 2.10. The van der Waals surface area contributed by atoms with Crippen molar-refractivity contribution in [1.82, 2.24) is 4.90 Å². The van der Waals surface area contributed by atoms with E-state index in [1.807, 2.05) is 31.3 Å². The van der Waals surface area contributed by atoms with Crippen molar-refractivity contribution in [3.63, 3.8) is 0 Å². The molecular weight excluding hydrogens is 306 g/mol. The van der Waals surface area contributed by atoms with Gasteiger partial charge >= 0.3 is 0 Å². The van der Waals surface area contributed by atoms with Gasteiger partial charge in [-0.3, -0.25) is 4.79 Å². The summed E-state index contributed by atoms with van der Waals surface area (Å²) in [4.78, 5) is 14.9. The number of carbonyl (C=O) groups is 1. The SMILES string of the molecule is CN1/C(=C/C(=O)c2ccccc2Cl)c2ccccc2CC1(C)C. The van der Waals surface area contributed by atoms with E-state index in [0.29, 0.717) is 10.6 Å².